The third kappa shape index (κ3) is 5.34. The fourth-order valence-electron chi connectivity index (χ4n) is 4.02. The van der Waals surface area contributed by atoms with Crippen LogP contribution in [0.25, 0.3) is 0 Å². The van der Waals surface area contributed by atoms with E-state index >= 15 is 0 Å². The van der Waals surface area contributed by atoms with Gasteiger partial charge in [-0.15, -0.1) is 35.3 Å². The molecule has 2 aliphatic heterocycles. The molecule has 1 saturated carbocycles. The molecule has 146 valence electrons. The van der Waals surface area contributed by atoms with Gasteiger partial charge in [-0.2, -0.15) is 0 Å². The number of halogens is 1. The predicted octanol–water partition coefficient (Wildman–Crippen LogP) is 2.98. The molecule has 5 nitrogen and oxygen atoms in total. The van der Waals surface area contributed by atoms with Gasteiger partial charge in [0.15, 0.2) is 15.8 Å². The molecular formula is C18H28IN3O2S2. The Labute approximate surface area is 177 Å². The van der Waals surface area contributed by atoms with Crippen LogP contribution >= 0.6 is 35.3 Å². The molecule has 3 fully saturated rings. The van der Waals surface area contributed by atoms with Crippen LogP contribution < -0.4 is 5.32 Å². The van der Waals surface area contributed by atoms with Crippen LogP contribution in [0.2, 0.25) is 0 Å². The monoisotopic (exact) mass is 509 g/mol. The van der Waals surface area contributed by atoms with Gasteiger partial charge >= 0.3 is 0 Å². The van der Waals surface area contributed by atoms with Gasteiger partial charge in [0, 0.05) is 24.5 Å². The summed E-state index contributed by atoms with van der Waals surface area (Å²) < 4.78 is 23.4. The summed E-state index contributed by atoms with van der Waals surface area (Å²) in [5.74, 6) is 3.61. The summed E-state index contributed by atoms with van der Waals surface area (Å²) in [4.78, 5) is 8.51. The van der Waals surface area contributed by atoms with Crippen LogP contribution in [0, 0.1) is 17.8 Å². The first kappa shape index (κ1) is 20.4. The van der Waals surface area contributed by atoms with Crippen molar-refractivity contribution in [2.24, 2.45) is 22.7 Å². The number of guanidine groups is 1. The van der Waals surface area contributed by atoms with E-state index < -0.39 is 9.84 Å². The van der Waals surface area contributed by atoms with Crippen LogP contribution in [-0.2, 0) is 16.4 Å². The number of aliphatic imine (C=N–C) groups is 1. The minimum Gasteiger partial charge on any atom is -0.356 e. The van der Waals surface area contributed by atoms with Gasteiger partial charge in [-0.3, -0.25) is 0 Å². The first-order valence-corrected chi connectivity index (χ1v) is 12.1. The molecule has 2 unspecified atom stereocenters. The lowest BCUT2D eigenvalue weighted by Gasteiger charge is -2.23. The van der Waals surface area contributed by atoms with Crippen LogP contribution in [0.4, 0.5) is 0 Å². The Morgan fingerprint density at radius 2 is 2.12 bits per heavy atom. The average molecular weight is 509 g/mol. The Morgan fingerprint density at radius 1 is 1.27 bits per heavy atom. The molecule has 2 atom stereocenters. The van der Waals surface area contributed by atoms with Crippen molar-refractivity contribution < 1.29 is 8.42 Å². The third-order valence-corrected chi connectivity index (χ3v) is 8.35. The van der Waals surface area contributed by atoms with E-state index in [0.717, 1.165) is 37.3 Å². The zero-order valence-electron chi connectivity index (χ0n) is 15.0. The summed E-state index contributed by atoms with van der Waals surface area (Å²) in [7, 11) is -2.81. The predicted molar refractivity (Wildman–Crippen MR) is 118 cm³/mol. The first-order chi connectivity index (χ1) is 12.1. The summed E-state index contributed by atoms with van der Waals surface area (Å²) in [5, 5.41) is 5.58. The number of hydrogen-bond acceptors (Lipinski definition) is 4. The molecule has 1 aromatic rings. The molecular weight excluding hydrogens is 481 g/mol. The molecule has 1 aliphatic carbocycles. The second kappa shape index (κ2) is 8.77. The highest BCUT2D eigenvalue weighted by molar-refractivity contribution is 14.0. The fraction of sp³-hybridized carbons (Fsp3) is 0.722. The third-order valence-electron chi connectivity index (χ3n) is 5.65. The van der Waals surface area contributed by atoms with E-state index in [1.54, 1.807) is 11.3 Å². The van der Waals surface area contributed by atoms with Crippen molar-refractivity contribution in [1.82, 2.24) is 10.2 Å². The normalized spacial score (nSPS) is 28.2. The van der Waals surface area contributed by atoms with Crippen molar-refractivity contribution in [3.05, 3.63) is 22.4 Å². The van der Waals surface area contributed by atoms with E-state index in [1.807, 2.05) is 0 Å². The highest BCUT2D eigenvalue weighted by Crippen LogP contribution is 2.41. The summed E-state index contributed by atoms with van der Waals surface area (Å²) in [5.41, 5.74) is 0. The number of hydrogen-bond donors (Lipinski definition) is 1. The van der Waals surface area contributed by atoms with Crippen molar-refractivity contribution in [3.8, 4) is 0 Å². The van der Waals surface area contributed by atoms with Crippen LogP contribution in [0.15, 0.2) is 22.5 Å². The molecule has 0 aromatic carbocycles. The smallest absolute Gasteiger partial charge is 0.194 e. The van der Waals surface area contributed by atoms with E-state index in [9.17, 15) is 8.42 Å². The van der Waals surface area contributed by atoms with Crippen molar-refractivity contribution in [3.63, 3.8) is 0 Å². The number of sulfone groups is 1. The zero-order chi connectivity index (χ0) is 17.3. The molecule has 26 heavy (non-hydrogen) atoms. The summed E-state index contributed by atoms with van der Waals surface area (Å²) in [6, 6.07) is 4.18. The minimum absolute atomic E-state index is 0. The Bertz CT molecular complexity index is 717. The largest absolute Gasteiger partial charge is 0.356 e. The van der Waals surface area contributed by atoms with Gasteiger partial charge in [0.2, 0.25) is 0 Å². The zero-order valence-corrected chi connectivity index (χ0v) is 18.9. The van der Waals surface area contributed by atoms with Crippen molar-refractivity contribution in [2.45, 2.75) is 32.2 Å². The fourth-order valence-corrected chi connectivity index (χ4v) is 6.51. The lowest BCUT2D eigenvalue weighted by molar-refractivity contribution is 0.429. The van der Waals surface area contributed by atoms with Gasteiger partial charge in [0.1, 0.15) is 0 Å². The minimum atomic E-state index is -2.81. The molecule has 4 rings (SSSR count). The Balaban J connectivity index is 0.00000196. The number of nitrogens with zero attached hydrogens (tertiary/aromatic N) is 2. The lowest BCUT2D eigenvalue weighted by atomic mass is 10.0. The maximum atomic E-state index is 11.7. The maximum absolute atomic E-state index is 11.7. The molecule has 2 saturated heterocycles. The number of thiophene rings is 1. The second-order valence-corrected chi connectivity index (χ2v) is 11.0. The molecule has 0 bridgehead atoms. The van der Waals surface area contributed by atoms with E-state index in [1.165, 1.54) is 24.1 Å². The molecule has 0 amide bonds. The van der Waals surface area contributed by atoms with Crippen LogP contribution in [0.1, 0.15) is 30.6 Å². The van der Waals surface area contributed by atoms with E-state index in [4.69, 9.17) is 4.99 Å². The van der Waals surface area contributed by atoms with Gasteiger partial charge in [-0.1, -0.05) is 6.07 Å². The van der Waals surface area contributed by atoms with Gasteiger partial charge < -0.3 is 10.2 Å². The molecule has 8 heteroatoms. The Kier molecular flexibility index (Phi) is 6.88. The van der Waals surface area contributed by atoms with E-state index in [0.29, 0.717) is 24.6 Å². The lowest BCUT2D eigenvalue weighted by Crippen LogP contribution is -2.42. The van der Waals surface area contributed by atoms with Crippen molar-refractivity contribution in [2.75, 3.05) is 31.1 Å². The van der Waals surface area contributed by atoms with Gasteiger partial charge in [-0.05, 0) is 54.9 Å². The standard InChI is InChI=1S/C18H27N3O2S2.HI/c22-25(23)9-6-14(13-25)10-19-18(20-11-17-2-1-8-24-17)21-7-5-16(12-21)15-3-4-15;/h1-2,8,14-16H,3-7,9-13H2,(H,19,20);1H. The van der Waals surface area contributed by atoms with Crippen LogP contribution in [0.3, 0.4) is 0 Å². The molecule has 0 radical (unpaired) electrons. The van der Waals surface area contributed by atoms with Gasteiger partial charge in [-0.25, -0.2) is 13.4 Å². The highest BCUT2D eigenvalue weighted by atomic mass is 127. The van der Waals surface area contributed by atoms with Crippen molar-refractivity contribution in [1.29, 1.82) is 0 Å². The maximum Gasteiger partial charge on any atom is 0.194 e. The second-order valence-electron chi connectivity index (χ2n) is 7.70. The summed E-state index contributed by atoms with van der Waals surface area (Å²) in [6.07, 6.45) is 4.83. The Morgan fingerprint density at radius 3 is 2.77 bits per heavy atom. The quantitative estimate of drug-likeness (QED) is 0.377. The van der Waals surface area contributed by atoms with E-state index in [-0.39, 0.29) is 29.9 Å². The number of likely N-dealkylation sites (tertiary alicyclic amines) is 1. The number of nitrogens with one attached hydrogen (secondary N) is 1. The van der Waals surface area contributed by atoms with E-state index in [2.05, 4.69) is 27.7 Å². The SMILES string of the molecule is I.O=S1(=O)CCC(CNC(=NCc2cccs2)N2CCC(C3CC3)C2)C1. The highest BCUT2D eigenvalue weighted by Gasteiger charge is 2.37. The Hall–Kier alpha value is -0.350. The van der Waals surface area contributed by atoms with Crippen LogP contribution in [0.5, 0.6) is 0 Å². The molecule has 1 aromatic heterocycles. The summed E-state index contributed by atoms with van der Waals surface area (Å²) in [6.45, 7) is 3.59. The van der Waals surface area contributed by atoms with Crippen molar-refractivity contribution >= 4 is 51.1 Å². The molecule has 3 heterocycles. The van der Waals surface area contributed by atoms with Crippen LogP contribution in [-0.4, -0.2) is 50.4 Å². The average Bonchev–Trinajstić information content (AvgIpc) is 3.00. The molecule has 0 spiro atoms. The molecule has 3 aliphatic rings. The number of rotatable bonds is 5. The molecule has 1 N–H and O–H groups in total. The topological polar surface area (TPSA) is 61.8 Å². The van der Waals surface area contributed by atoms with Gasteiger partial charge in [0.25, 0.3) is 0 Å². The summed E-state index contributed by atoms with van der Waals surface area (Å²) >= 11 is 1.73. The van der Waals surface area contributed by atoms with Gasteiger partial charge in [0.05, 0.1) is 18.1 Å². The first-order valence-electron chi connectivity index (χ1n) is 9.35.